The van der Waals surface area contributed by atoms with Crippen molar-refractivity contribution < 1.29 is 9.53 Å². The number of hydrogen-bond acceptors (Lipinski definition) is 5. The third-order valence-electron chi connectivity index (χ3n) is 5.14. The van der Waals surface area contributed by atoms with E-state index in [1.54, 1.807) is 13.2 Å². The lowest BCUT2D eigenvalue weighted by Gasteiger charge is -2.24. The Morgan fingerprint density at radius 3 is 2.76 bits per heavy atom. The van der Waals surface area contributed by atoms with Crippen molar-refractivity contribution in [3.8, 4) is 5.75 Å². The topological polar surface area (TPSA) is 67.3 Å². The molecular formula is C23H24N4O2. The lowest BCUT2D eigenvalue weighted by atomic mass is 10.1. The van der Waals surface area contributed by atoms with Gasteiger partial charge in [-0.1, -0.05) is 36.4 Å². The van der Waals surface area contributed by atoms with Crippen LogP contribution in [0.1, 0.15) is 34.4 Å². The van der Waals surface area contributed by atoms with Crippen LogP contribution in [-0.4, -0.2) is 29.0 Å². The molecule has 6 heteroatoms. The van der Waals surface area contributed by atoms with Crippen molar-refractivity contribution in [2.24, 2.45) is 0 Å². The van der Waals surface area contributed by atoms with E-state index in [4.69, 9.17) is 4.74 Å². The lowest BCUT2D eigenvalue weighted by Crippen LogP contribution is -2.28. The summed E-state index contributed by atoms with van der Waals surface area (Å²) >= 11 is 0. The maximum atomic E-state index is 12.8. The Labute approximate surface area is 170 Å². The molecular weight excluding hydrogens is 364 g/mol. The fourth-order valence-electron chi connectivity index (χ4n) is 3.82. The van der Waals surface area contributed by atoms with Gasteiger partial charge in [0.1, 0.15) is 23.1 Å². The molecule has 0 bridgehead atoms. The average Bonchev–Trinajstić information content (AvgIpc) is 3.07. The summed E-state index contributed by atoms with van der Waals surface area (Å²) in [7, 11) is 1.62. The Balaban J connectivity index is 1.58. The Hall–Kier alpha value is -3.41. The number of carbonyl (C=O) groups is 1. The molecule has 0 saturated heterocycles. The number of carbonyl (C=O) groups excluding carboxylic acids is 1. The minimum atomic E-state index is -0.234. The predicted octanol–water partition coefficient (Wildman–Crippen LogP) is 3.81. The lowest BCUT2D eigenvalue weighted by molar-refractivity contribution is 0.0945. The van der Waals surface area contributed by atoms with Gasteiger partial charge in [-0.15, -0.1) is 0 Å². The second-order valence-electron chi connectivity index (χ2n) is 7.20. The van der Waals surface area contributed by atoms with Crippen molar-refractivity contribution >= 4 is 17.4 Å². The highest BCUT2D eigenvalue weighted by atomic mass is 16.5. The smallest absolute Gasteiger partial charge is 0.270 e. The van der Waals surface area contributed by atoms with Crippen molar-refractivity contribution in [3.63, 3.8) is 0 Å². The fraction of sp³-hybridized carbons (Fsp3) is 0.261. The van der Waals surface area contributed by atoms with E-state index in [2.05, 4.69) is 45.3 Å². The second kappa shape index (κ2) is 7.91. The van der Waals surface area contributed by atoms with E-state index >= 15 is 0 Å². The van der Waals surface area contributed by atoms with Gasteiger partial charge in [-0.05, 0) is 38.0 Å². The first-order valence-corrected chi connectivity index (χ1v) is 9.69. The van der Waals surface area contributed by atoms with Crippen molar-refractivity contribution in [3.05, 3.63) is 77.2 Å². The average molecular weight is 388 g/mol. The maximum Gasteiger partial charge on any atom is 0.270 e. The minimum Gasteiger partial charge on any atom is -0.496 e. The zero-order valence-electron chi connectivity index (χ0n) is 16.8. The molecule has 4 rings (SSSR count). The molecule has 1 unspecified atom stereocenters. The standard InChI is InChI=1S/C23H24N4O2/c1-15-12-17-8-4-6-10-20(17)27(15)22-13-19(25-16(2)26-22)23(28)24-14-18-9-5-7-11-21(18)29-3/h4-11,13,15H,12,14H2,1-3H3,(H,24,28). The number of amides is 1. The first-order chi connectivity index (χ1) is 14.1. The van der Waals surface area contributed by atoms with E-state index in [1.165, 1.54) is 5.56 Å². The van der Waals surface area contributed by atoms with Crippen molar-refractivity contribution in [2.45, 2.75) is 32.9 Å². The van der Waals surface area contributed by atoms with Crippen LogP contribution >= 0.6 is 0 Å². The zero-order chi connectivity index (χ0) is 20.4. The fourth-order valence-corrected chi connectivity index (χ4v) is 3.82. The highest BCUT2D eigenvalue weighted by Crippen LogP contribution is 2.37. The Bertz CT molecular complexity index is 1050. The summed E-state index contributed by atoms with van der Waals surface area (Å²) in [6, 6.07) is 18.0. The van der Waals surface area contributed by atoms with Crippen LogP contribution in [0.2, 0.25) is 0 Å². The number of anilines is 2. The Kier molecular flexibility index (Phi) is 5.16. The number of ether oxygens (including phenoxy) is 1. The van der Waals surface area contributed by atoms with E-state index in [0.29, 0.717) is 18.1 Å². The van der Waals surface area contributed by atoms with E-state index < -0.39 is 0 Å². The molecule has 3 aromatic rings. The Morgan fingerprint density at radius 2 is 1.93 bits per heavy atom. The van der Waals surface area contributed by atoms with Crippen LogP contribution in [0.5, 0.6) is 5.75 Å². The van der Waals surface area contributed by atoms with E-state index in [-0.39, 0.29) is 11.9 Å². The highest BCUT2D eigenvalue weighted by Gasteiger charge is 2.28. The molecule has 0 aliphatic carbocycles. The minimum absolute atomic E-state index is 0.234. The molecule has 6 nitrogen and oxygen atoms in total. The van der Waals surface area contributed by atoms with Gasteiger partial charge >= 0.3 is 0 Å². The second-order valence-corrected chi connectivity index (χ2v) is 7.20. The number of aryl methyl sites for hydroxylation is 1. The van der Waals surface area contributed by atoms with Gasteiger partial charge in [-0.2, -0.15) is 0 Å². The molecule has 2 aromatic carbocycles. The molecule has 1 N–H and O–H groups in total. The molecule has 0 spiro atoms. The van der Waals surface area contributed by atoms with Crippen molar-refractivity contribution in [2.75, 3.05) is 12.0 Å². The molecule has 1 aliphatic rings. The highest BCUT2D eigenvalue weighted by molar-refractivity contribution is 5.93. The number of para-hydroxylation sites is 2. The van der Waals surface area contributed by atoms with Crippen LogP contribution in [0.15, 0.2) is 54.6 Å². The summed E-state index contributed by atoms with van der Waals surface area (Å²) in [6.45, 7) is 4.34. The molecule has 1 amide bonds. The number of methoxy groups -OCH3 is 1. The number of hydrogen-bond donors (Lipinski definition) is 1. The molecule has 1 aromatic heterocycles. The summed E-state index contributed by atoms with van der Waals surface area (Å²) in [5, 5.41) is 2.94. The van der Waals surface area contributed by atoms with E-state index in [9.17, 15) is 4.79 Å². The molecule has 2 heterocycles. The van der Waals surface area contributed by atoms with Gasteiger partial charge in [0.15, 0.2) is 0 Å². The number of fused-ring (bicyclic) bond motifs is 1. The van der Waals surface area contributed by atoms with Crippen LogP contribution < -0.4 is 15.0 Å². The molecule has 0 fully saturated rings. The molecule has 0 radical (unpaired) electrons. The summed E-state index contributed by atoms with van der Waals surface area (Å²) < 4.78 is 5.35. The molecule has 148 valence electrons. The van der Waals surface area contributed by atoms with Crippen LogP contribution in [0.25, 0.3) is 0 Å². The number of nitrogens with one attached hydrogen (secondary N) is 1. The third kappa shape index (κ3) is 3.78. The normalized spacial score (nSPS) is 15.1. The van der Waals surface area contributed by atoms with Crippen LogP contribution in [0, 0.1) is 6.92 Å². The van der Waals surface area contributed by atoms with E-state index in [1.807, 2.05) is 37.3 Å². The summed E-state index contributed by atoms with van der Waals surface area (Å²) in [6.07, 6.45) is 0.953. The first-order valence-electron chi connectivity index (χ1n) is 9.69. The SMILES string of the molecule is COc1ccccc1CNC(=O)c1cc(N2c3ccccc3CC2C)nc(C)n1. The van der Waals surface area contributed by atoms with Crippen LogP contribution in [0.4, 0.5) is 11.5 Å². The van der Waals surface area contributed by atoms with Gasteiger partial charge in [-0.25, -0.2) is 9.97 Å². The molecule has 1 aliphatic heterocycles. The number of aromatic nitrogens is 2. The molecule has 0 saturated carbocycles. The van der Waals surface area contributed by atoms with Gasteiger partial charge in [0.05, 0.1) is 7.11 Å². The van der Waals surface area contributed by atoms with Crippen molar-refractivity contribution in [1.29, 1.82) is 0 Å². The predicted molar refractivity (Wildman–Crippen MR) is 113 cm³/mol. The number of benzene rings is 2. The molecule has 1 atom stereocenters. The molecule has 29 heavy (non-hydrogen) atoms. The zero-order valence-corrected chi connectivity index (χ0v) is 16.8. The van der Waals surface area contributed by atoms with Crippen LogP contribution in [0.3, 0.4) is 0 Å². The third-order valence-corrected chi connectivity index (χ3v) is 5.14. The van der Waals surface area contributed by atoms with Gasteiger partial charge in [0.25, 0.3) is 5.91 Å². The first kappa shape index (κ1) is 18.9. The largest absolute Gasteiger partial charge is 0.496 e. The van der Waals surface area contributed by atoms with Crippen molar-refractivity contribution in [1.82, 2.24) is 15.3 Å². The number of nitrogens with zero attached hydrogens (tertiary/aromatic N) is 3. The summed E-state index contributed by atoms with van der Waals surface area (Å²) in [5.74, 6) is 1.83. The van der Waals surface area contributed by atoms with E-state index in [0.717, 1.165) is 29.2 Å². The summed E-state index contributed by atoms with van der Waals surface area (Å²) in [4.78, 5) is 24.0. The van der Waals surface area contributed by atoms with Gasteiger partial charge in [0.2, 0.25) is 0 Å². The Morgan fingerprint density at radius 1 is 1.17 bits per heavy atom. The van der Waals surface area contributed by atoms with Gasteiger partial charge in [0, 0.05) is 29.9 Å². The van der Waals surface area contributed by atoms with Gasteiger partial charge in [-0.3, -0.25) is 4.79 Å². The maximum absolute atomic E-state index is 12.8. The monoisotopic (exact) mass is 388 g/mol. The number of rotatable bonds is 5. The van der Waals surface area contributed by atoms with Gasteiger partial charge < -0.3 is 15.0 Å². The summed E-state index contributed by atoms with van der Waals surface area (Å²) in [5.41, 5.74) is 3.70. The quantitative estimate of drug-likeness (QED) is 0.720. The van der Waals surface area contributed by atoms with Crippen LogP contribution in [-0.2, 0) is 13.0 Å².